The zero-order valence-electron chi connectivity index (χ0n) is 11.2. The third kappa shape index (κ3) is 4.34. The number of carbonyl (C=O) groups is 1. The first-order chi connectivity index (χ1) is 9.95. The molecule has 0 heterocycles. The molecular weight excluding hydrogens is 314 g/mol. The van der Waals surface area contributed by atoms with Crippen molar-refractivity contribution in [2.45, 2.75) is 6.92 Å². The molecule has 1 amide bonds. The average molecular weight is 327 g/mol. The SMILES string of the molecule is Cc1ccc(NC(=O)CNc2ccc(F)c(Cl)c2)cc1Cl. The van der Waals surface area contributed by atoms with Crippen molar-refractivity contribution in [3.8, 4) is 0 Å². The fourth-order valence-electron chi connectivity index (χ4n) is 1.66. The molecule has 0 fully saturated rings. The Morgan fingerprint density at radius 1 is 1.10 bits per heavy atom. The summed E-state index contributed by atoms with van der Waals surface area (Å²) >= 11 is 11.6. The molecule has 0 unspecified atom stereocenters. The Bertz CT molecular complexity index is 677. The molecule has 0 radical (unpaired) electrons. The van der Waals surface area contributed by atoms with Crippen LogP contribution in [0.5, 0.6) is 0 Å². The second kappa shape index (κ2) is 6.78. The van der Waals surface area contributed by atoms with Crippen molar-refractivity contribution in [2.75, 3.05) is 17.2 Å². The van der Waals surface area contributed by atoms with E-state index in [0.29, 0.717) is 16.4 Å². The molecule has 0 aliphatic carbocycles. The number of amides is 1. The quantitative estimate of drug-likeness (QED) is 0.869. The zero-order valence-corrected chi connectivity index (χ0v) is 12.7. The summed E-state index contributed by atoms with van der Waals surface area (Å²) in [5.74, 6) is -0.740. The molecule has 0 saturated heterocycles. The molecule has 2 N–H and O–H groups in total. The molecule has 3 nitrogen and oxygen atoms in total. The van der Waals surface area contributed by atoms with Crippen LogP contribution in [0.1, 0.15) is 5.56 Å². The van der Waals surface area contributed by atoms with Gasteiger partial charge in [0.25, 0.3) is 0 Å². The lowest BCUT2D eigenvalue weighted by atomic mass is 10.2. The van der Waals surface area contributed by atoms with Crippen molar-refractivity contribution in [1.82, 2.24) is 0 Å². The molecule has 0 aliphatic heterocycles. The molecule has 6 heteroatoms. The fraction of sp³-hybridized carbons (Fsp3) is 0.133. The van der Waals surface area contributed by atoms with Gasteiger partial charge in [-0.3, -0.25) is 4.79 Å². The molecule has 0 atom stereocenters. The monoisotopic (exact) mass is 326 g/mol. The van der Waals surface area contributed by atoms with E-state index in [-0.39, 0.29) is 17.5 Å². The molecule has 0 saturated carbocycles. The topological polar surface area (TPSA) is 41.1 Å². The van der Waals surface area contributed by atoms with Gasteiger partial charge in [0.15, 0.2) is 0 Å². The van der Waals surface area contributed by atoms with Crippen molar-refractivity contribution in [1.29, 1.82) is 0 Å². The van der Waals surface area contributed by atoms with Gasteiger partial charge in [0, 0.05) is 16.4 Å². The summed E-state index contributed by atoms with van der Waals surface area (Å²) in [6.45, 7) is 1.92. The minimum Gasteiger partial charge on any atom is -0.376 e. The highest BCUT2D eigenvalue weighted by Gasteiger charge is 2.05. The highest BCUT2D eigenvalue weighted by molar-refractivity contribution is 6.31. The van der Waals surface area contributed by atoms with Gasteiger partial charge in [-0.15, -0.1) is 0 Å². The summed E-state index contributed by atoms with van der Waals surface area (Å²) < 4.78 is 13.0. The second-order valence-electron chi connectivity index (χ2n) is 4.49. The van der Waals surface area contributed by atoms with Crippen LogP contribution in [0.25, 0.3) is 0 Å². The molecule has 21 heavy (non-hydrogen) atoms. The maximum atomic E-state index is 13.0. The van der Waals surface area contributed by atoms with Gasteiger partial charge < -0.3 is 10.6 Å². The lowest BCUT2D eigenvalue weighted by Gasteiger charge is -2.09. The summed E-state index contributed by atoms with van der Waals surface area (Å²) in [7, 11) is 0. The fourth-order valence-corrected chi connectivity index (χ4v) is 2.03. The molecule has 2 aromatic rings. The molecule has 2 rings (SSSR count). The molecule has 110 valence electrons. The van der Waals surface area contributed by atoms with Gasteiger partial charge in [0.1, 0.15) is 5.82 Å². The standard InChI is InChI=1S/C15H13Cl2FN2O/c1-9-2-3-11(7-12(9)16)20-15(21)8-19-10-4-5-14(18)13(17)6-10/h2-7,19H,8H2,1H3,(H,20,21). The third-order valence-electron chi connectivity index (χ3n) is 2.83. The van der Waals surface area contributed by atoms with Gasteiger partial charge in [-0.2, -0.15) is 0 Å². The molecule has 2 aromatic carbocycles. The first-order valence-corrected chi connectivity index (χ1v) is 6.96. The van der Waals surface area contributed by atoms with Crippen LogP contribution >= 0.6 is 23.2 Å². The number of carbonyl (C=O) groups excluding carboxylic acids is 1. The highest BCUT2D eigenvalue weighted by Crippen LogP contribution is 2.20. The van der Waals surface area contributed by atoms with Gasteiger partial charge in [-0.05, 0) is 42.8 Å². The van der Waals surface area contributed by atoms with E-state index in [1.807, 2.05) is 13.0 Å². The van der Waals surface area contributed by atoms with Crippen LogP contribution in [0.2, 0.25) is 10.0 Å². The van der Waals surface area contributed by atoms with Crippen LogP contribution in [-0.4, -0.2) is 12.5 Å². The van der Waals surface area contributed by atoms with Gasteiger partial charge in [0.05, 0.1) is 11.6 Å². The van der Waals surface area contributed by atoms with Crippen molar-refractivity contribution < 1.29 is 9.18 Å². The Labute approximate surface area is 132 Å². The number of aryl methyl sites for hydroxylation is 1. The maximum Gasteiger partial charge on any atom is 0.243 e. The van der Waals surface area contributed by atoms with E-state index in [0.717, 1.165) is 5.56 Å². The Morgan fingerprint density at radius 2 is 1.76 bits per heavy atom. The van der Waals surface area contributed by atoms with Crippen molar-refractivity contribution in [3.05, 3.63) is 57.8 Å². The van der Waals surface area contributed by atoms with Crippen LogP contribution in [0.3, 0.4) is 0 Å². The number of rotatable bonds is 4. The van der Waals surface area contributed by atoms with Crippen molar-refractivity contribution in [3.63, 3.8) is 0 Å². The van der Waals surface area contributed by atoms with Crippen LogP contribution in [0, 0.1) is 12.7 Å². The van der Waals surface area contributed by atoms with E-state index in [2.05, 4.69) is 10.6 Å². The number of halogens is 3. The number of hydrogen-bond donors (Lipinski definition) is 2. The van der Waals surface area contributed by atoms with Crippen molar-refractivity contribution >= 4 is 40.5 Å². The summed E-state index contributed by atoms with van der Waals surface area (Å²) in [5, 5.41) is 6.17. The van der Waals surface area contributed by atoms with Gasteiger partial charge in [-0.25, -0.2) is 4.39 Å². The Balaban J connectivity index is 1.92. The van der Waals surface area contributed by atoms with Crippen LogP contribution < -0.4 is 10.6 Å². The van der Waals surface area contributed by atoms with E-state index in [9.17, 15) is 9.18 Å². The van der Waals surface area contributed by atoms with Gasteiger partial charge in [0.2, 0.25) is 5.91 Å². The molecule has 0 spiro atoms. The Morgan fingerprint density at radius 3 is 2.43 bits per heavy atom. The number of hydrogen-bond acceptors (Lipinski definition) is 2. The largest absolute Gasteiger partial charge is 0.376 e. The van der Waals surface area contributed by atoms with Gasteiger partial charge >= 0.3 is 0 Å². The zero-order chi connectivity index (χ0) is 15.4. The Hall–Kier alpha value is -1.78. The summed E-state index contributed by atoms with van der Waals surface area (Å²) in [5.41, 5.74) is 2.13. The maximum absolute atomic E-state index is 13.0. The molecule has 0 aromatic heterocycles. The smallest absolute Gasteiger partial charge is 0.243 e. The number of nitrogens with one attached hydrogen (secondary N) is 2. The van der Waals surface area contributed by atoms with E-state index in [1.165, 1.54) is 18.2 Å². The minimum atomic E-state index is -0.499. The summed E-state index contributed by atoms with van der Waals surface area (Å²) in [6.07, 6.45) is 0. The van der Waals surface area contributed by atoms with Gasteiger partial charge in [-0.1, -0.05) is 29.3 Å². The third-order valence-corrected chi connectivity index (χ3v) is 3.53. The molecular formula is C15H13Cl2FN2O. The predicted octanol–water partition coefficient (Wildman–Crippen LogP) is 4.49. The lowest BCUT2D eigenvalue weighted by Crippen LogP contribution is -2.21. The summed E-state index contributed by atoms with van der Waals surface area (Å²) in [6, 6.07) is 9.45. The normalized spacial score (nSPS) is 10.3. The Kier molecular flexibility index (Phi) is 5.04. The van der Waals surface area contributed by atoms with Crippen LogP contribution in [-0.2, 0) is 4.79 Å². The average Bonchev–Trinajstić information content (AvgIpc) is 2.44. The molecule has 0 aliphatic rings. The van der Waals surface area contributed by atoms with Crippen LogP contribution in [0.4, 0.5) is 15.8 Å². The van der Waals surface area contributed by atoms with E-state index in [1.54, 1.807) is 12.1 Å². The summed E-state index contributed by atoms with van der Waals surface area (Å²) in [4.78, 5) is 11.8. The first-order valence-electron chi connectivity index (χ1n) is 6.20. The number of anilines is 2. The minimum absolute atomic E-state index is 0.00530. The van der Waals surface area contributed by atoms with E-state index >= 15 is 0 Å². The first kappa shape index (κ1) is 15.6. The van der Waals surface area contributed by atoms with Crippen LogP contribution in [0.15, 0.2) is 36.4 Å². The lowest BCUT2D eigenvalue weighted by molar-refractivity contribution is -0.114. The highest BCUT2D eigenvalue weighted by atomic mass is 35.5. The predicted molar refractivity (Wildman–Crippen MR) is 84.7 cm³/mol. The number of benzene rings is 2. The van der Waals surface area contributed by atoms with E-state index < -0.39 is 5.82 Å². The van der Waals surface area contributed by atoms with E-state index in [4.69, 9.17) is 23.2 Å². The second-order valence-corrected chi connectivity index (χ2v) is 5.31. The molecule has 0 bridgehead atoms. The van der Waals surface area contributed by atoms with Crippen molar-refractivity contribution in [2.24, 2.45) is 0 Å².